The van der Waals surface area contributed by atoms with Crippen LogP contribution in [-0.2, 0) is 4.74 Å². The van der Waals surface area contributed by atoms with E-state index >= 15 is 0 Å². The monoisotopic (exact) mass is 436 g/mol. The molecule has 0 spiro atoms. The standard InChI is InChI=1S/C20H26F2N6O3/c1-12-5-8-28(27-12)18-25-16(24-13-3-6-20(21,22)7-4-13)11-17(26-18)30-14-9-15(10-14)31-19(29)23-2/h5,8,11,13-15H,3-4,6-7,9-10H2,1-2H3,(H,23,29)(H,24,25,26). The summed E-state index contributed by atoms with van der Waals surface area (Å²) in [6.07, 6.45) is 2.52. The number of nitrogens with one attached hydrogen (secondary N) is 2. The minimum atomic E-state index is -2.59. The zero-order chi connectivity index (χ0) is 22.0. The molecule has 0 atom stereocenters. The first-order chi connectivity index (χ1) is 14.8. The van der Waals surface area contributed by atoms with E-state index in [9.17, 15) is 13.6 Å². The molecule has 2 N–H and O–H groups in total. The number of alkyl carbamates (subject to hydrolysis) is 1. The van der Waals surface area contributed by atoms with Crippen LogP contribution >= 0.6 is 0 Å². The highest BCUT2D eigenvalue weighted by Crippen LogP contribution is 2.34. The number of halogens is 2. The average Bonchev–Trinajstić information content (AvgIpc) is 3.14. The lowest BCUT2D eigenvalue weighted by molar-refractivity contribution is -0.0362. The average molecular weight is 436 g/mol. The van der Waals surface area contributed by atoms with E-state index in [2.05, 4.69) is 25.7 Å². The van der Waals surface area contributed by atoms with Crippen LogP contribution in [0.3, 0.4) is 0 Å². The Bertz CT molecular complexity index is 921. The Morgan fingerprint density at radius 1 is 1.23 bits per heavy atom. The molecule has 0 unspecified atom stereocenters. The maximum absolute atomic E-state index is 13.5. The van der Waals surface area contributed by atoms with E-state index in [4.69, 9.17) is 9.47 Å². The number of nitrogens with zero attached hydrogens (tertiary/aromatic N) is 4. The van der Waals surface area contributed by atoms with Crippen LogP contribution in [0.2, 0.25) is 0 Å². The van der Waals surface area contributed by atoms with Crippen molar-refractivity contribution in [3.8, 4) is 11.8 Å². The minimum absolute atomic E-state index is 0.0939. The van der Waals surface area contributed by atoms with Crippen LogP contribution in [0.1, 0.15) is 44.2 Å². The quantitative estimate of drug-likeness (QED) is 0.717. The zero-order valence-corrected chi connectivity index (χ0v) is 17.5. The second-order valence-electron chi connectivity index (χ2n) is 8.06. The molecule has 0 aromatic carbocycles. The summed E-state index contributed by atoms with van der Waals surface area (Å²) in [5, 5.41) is 10.0. The number of carbonyl (C=O) groups excluding carboxylic acids is 1. The number of ether oxygens (including phenoxy) is 2. The predicted octanol–water partition coefficient (Wildman–Crippen LogP) is 3.23. The zero-order valence-electron chi connectivity index (χ0n) is 17.5. The number of rotatable bonds is 6. The molecule has 2 aromatic rings. The molecule has 2 fully saturated rings. The number of amides is 1. The molecule has 0 bridgehead atoms. The van der Waals surface area contributed by atoms with E-state index in [1.54, 1.807) is 16.9 Å². The number of alkyl halides is 2. The van der Waals surface area contributed by atoms with Crippen LogP contribution in [0.5, 0.6) is 5.88 Å². The third kappa shape index (κ3) is 5.39. The molecule has 11 heteroatoms. The SMILES string of the molecule is CNC(=O)OC1CC(Oc2cc(NC3CCC(F)(F)CC3)nc(-n3ccc(C)n3)n2)C1. The van der Waals surface area contributed by atoms with E-state index in [1.165, 1.54) is 7.05 Å². The molecule has 0 aliphatic heterocycles. The summed E-state index contributed by atoms with van der Waals surface area (Å²) in [7, 11) is 1.51. The molecular formula is C20H26F2N6O3. The molecule has 2 aromatic heterocycles. The summed E-state index contributed by atoms with van der Waals surface area (Å²) in [5.74, 6) is -1.41. The van der Waals surface area contributed by atoms with Gasteiger partial charge in [-0.25, -0.2) is 18.3 Å². The first-order valence-corrected chi connectivity index (χ1v) is 10.4. The van der Waals surface area contributed by atoms with Gasteiger partial charge in [0.05, 0.1) is 5.69 Å². The Balaban J connectivity index is 1.46. The second kappa shape index (κ2) is 8.64. The maximum atomic E-state index is 13.5. The third-order valence-electron chi connectivity index (χ3n) is 5.50. The van der Waals surface area contributed by atoms with Gasteiger partial charge >= 0.3 is 6.09 Å². The highest BCUT2D eigenvalue weighted by atomic mass is 19.3. The summed E-state index contributed by atoms with van der Waals surface area (Å²) in [4.78, 5) is 20.2. The van der Waals surface area contributed by atoms with Crippen molar-refractivity contribution in [1.82, 2.24) is 25.1 Å². The largest absolute Gasteiger partial charge is 0.474 e. The van der Waals surface area contributed by atoms with Gasteiger partial charge in [-0.3, -0.25) is 0 Å². The number of hydrogen-bond acceptors (Lipinski definition) is 7. The van der Waals surface area contributed by atoms with Gasteiger partial charge in [-0.1, -0.05) is 0 Å². The molecule has 31 heavy (non-hydrogen) atoms. The van der Waals surface area contributed by atoms with E-state index in [1.807, 2.05) is 13.0 Å². The van der Waals surface area contributed by atoms with E-state index in [-0.39, 0.29) is 31.1 Å². The van der Waals surface area contributed by atoms with Gasteiger partial charge in [-0.2, -0.15) is 15.1 Å². The first-order valence-electron chi connectivity index (χ1n) is 10.4. The van der Waals surface area contributed by atoms with Crippen molar-refractivity contribution in [3.05, 3.63) is 24.0 Å². The van der Waals surface area contributed by atoms with Crippen molar-refractivity contribution in [2.45, 2.75) is 69.6 Å². The lowest BCUT2D eigenvalue weighted by Gasteiger charge is -2.34. The molecule has 1 amide bonds. The minimum Gasteiger partial charge on any atom is -0.474 e. The van der Waals surface area contributed by atoms with Crippen LogP contribution in [0.25, 0.3) is 5.95 Å². The Hall–Kier alpha value is -2.98. The van der Waals surface area contributed by atoms with Crippen LogP contribution in [-0.4, -0.2) is 57.1 Å². The fraction of sp³-hybridized carbons (Fsp3) is 0.600. The van der Waals surface area contributed by atoms with Crippen molar-refractivity contribution in [2.24, 2.45) is 0 Å². The molecule has 2 heterocycles. The molecular weight excluding hydrogens is 410 g/mol. The van der Waals surface area contributed by atoms with Gasteiger partial charge in [-0.15, -0.1) is 0 Å². The number of hydrogen-bond donors (Lipinski definition) is 2. The van der Waals surface area contributed by atoms with Crippen LogP contribution in [0.4, 0.5) is 19.4 Å². The van der Waals surface area contributed by atoms with Crippen molar-refractivity contribution < 1.29 is 23.0 Å². The Kier molecular flexibility index (Phi) is 5.92. The molecule has 2 aliphatic rings. The predicted molar refractivity (Wildman–Crippen MR) is 108 cm³/mol. The molecule has 2 aliphatic carbocycles. The van der Waals surface area contributed by atoms with Gasteiger partial charge in [0.25, 0.3) is 5.95 Å². The molecule has 9 nitrogen and oxygen atoms in total. The first kappa shape index (κ1) is 21.3. The number of aromatic nitrogens is 4. The molecule has 0 radical (unpaired) electrons. The van der Waals surface area contributed by atoms with E-state index < -0.39 is 12.0 Å². The number of aryl methyl sites for hydroxylation is 1. The second-order valence-corrected chi connectivity index (χ2v) is 8.06. The Labute approximate surface area is 178 Å². The normalized spacial score (nSPS) is 23.0. The number of carbonyl (C=O) groups is 1. The van der Waals surface area contributed by atoms with Gasteiger partial charge in [0.1, 0.15) is 18.0 Å². The molecule has 4 rings (SSSR count). The summed E-state index contributed by atoms with van der Waals surface area (Å²) in [6.45, 7) is 1.86. The maximum Gasteiger partial charge on any atom is 0.407 e. The van der Waals surface area contributed by atoms with Crippen molar-refractivity contribution in [3.63, 3.8) is 0 Å². The number of anilines is 1. The smallest absolute Gasteiger partial charge is 0.407 e. The summed E-state index contributed by atoms with van der Waals surface area (Å²) < 4.78 is 39.6. The van der Waals surface area contributed by atoms with Crippen molar-refractivity contribution in [1.29, 1.82) is 0 Å². The summed E-state index contributed by atoms with van der Waals surface area (Å²) in [5.41, 5.74) is 0.812. The van der Waals surface area contributed by atoms with Crippen LogP contribution in [0.15, 0.2) is 18.3 Å². The highest BCUT2D eigenvalue weighted by molar-refractivity contribution is 5.66. The van der Waals surface area contributed by atoms with E-state index in [0.717, 1.165) is 5.69 Å². The van der Waals surface area contributed by atoms with Gasteiger partial charge in [0.15, 0.2) is 0 Å². The Morgan fingerprint density at radius 3 is 2.61 bits per heavy atom. The van der Waals surface area contributed by atoms with E-state index in [0.29, 0.717) is 43.3 Å². The topological polar surface area (TPSA) is 103 Å². The van der Waals surface area contributed by atoms with Crippen LogP contribution < -0.4 is 15.4 Å². The summed E-state index contributed by atoms with van der Waals surface area (Å²) >= 11 is 0. The van der Waals surface area contributed by atoms with Gasteiger partial charge in [0.2, 0.25) is 11.8 Å². The lowest BCUT2D eigenvalue weighted by atomic mass is 9.92. The molecule has 168 valence electrons. The Morgan fingerprint density at radius 2 is 1.97 bits per heavy atom. The molecule has 0 saturated heterocycles. The summed E-state index contributed by atoms with van der Waals surface area (Å²) in [6, 6.07) is 3.41. The van der Waals surface area contributed by atoms with Gasteiger partial charge in [0, 0.05) is 51.0 Å². The fourth-order valence-corrected chi connectivity index (χ4v) is 3.66. The highest BCUT2D eigenvalue weighted by Gasteiger charge is 2.36. The van der Waals surface area contributed by atoms with Crippen LogP contribution in [0, 0.1) is 6.92 Å². The fourth-order valence-electron chi connectivity index (χ4n) is 3.66. The van der Waals surface area contributed by atoms with Crippen molar-refractivity contribution >= 4 is 11.9 Å². The molecule has 2 saturated carbocycles. The van der Waals surface area contributed by atoms with Crippen molar-refractivity contribution in [2.75, 3.05) is 12.4 Å². The lowest BCUT2D eigenvalue weighted by Crippen LogP contribution is -2.42. The van der Waals surface area contributed by atoms with Gasteiger partial charge in [-0.05, 0) is 25.8 Å². The third-order valence-corrected chi connectivity index (χ3v) is 5.50. The van der Waals surface area contributed by atoms with Gasteiger partial charge < -0.3 is 20.1 Å².